The summed E-state index contributed by atoms with van der Waals surface area (Å²) in [5.41, 5.74) is -0.636. The van der Waals surface area contributed by atoms with E-state index in [0.29, 0.717) is 4.47 Å². The molecule has 0 aliphatic carbocycles. The quantitative estimate of drug-likeness (QED) is 0.278. The third-order valence-electron chi connectivity index (χ3n) is 3.06. The normalized spacial score (nSPS) is 13.3. The maximum atomic E-state index is 14.1. The Bertz CT molecular complexity index is 892. The molecule has 0 radical (unpaired) electrons. The van der Waals surface area contributed by atoms with Crippen molar-refractivity contribution < 1.29 is 26.3 Å². The van der Waals surface area contributed by atoms with Crippen molar-refractivity contribution in [1.29, 1.82) is 0 Å². The van der Waals surface area contributed by atoms with Gasteiger partial charge in [-0.2, -0.15) is 8.42 Å². The van der Waals surface area contributed by atoms with Gasteiger partial charge in [-0.15, -0.1) is 8.78 Å². The highest BCUT2D eigenvalue weighted by atomic mass is 79.9. The van der Waals surface area contributed by atoms with Gasteiger partial charge in [0.15, 0.2) is 0 Å². The van der Waals surface area contributed by atoms with Crippen LogP contribution in [0.25, 0.3) is 0 Å². The van der Waals surface area contributed by atoms with Crippen LogP contribution in [0.15, 0.2) is 53.0 Å². The van der Waals surface area contributed by atoms with Crippen LogP contribution in [0.3, 0.4) is 0 Å². The molecule has 0 aliphatic heterocycles. The molecule has 0 bridgehead atoms. The highest BCUT2D eigenvalue weighted by molar-refractivity contribution is 9.10. The number of nitrogens with zero attached hydrogens (tertiary/aromatic N) is 1. The van der Waals surface area contributed by atoms with E-state index in [2.05, 4.69) is 20.1 Å². The molecule has 2 aromatic carbocycles. The summed E-state index contributed by atoms with van der Waals surface area (Å²) in [6.07, 6.45) is 0. The first kappa shape index (κ1) is 19.5. The maximum Gasteiger partial charge on any atom is 0.535 e. The van der Waals surface area contributed by atoms with Crippen LogP contribution in [0.1, 0.15) is 10.8 Å². The Kier molecular flexibility index (Phi) is 5.65. The first-order valence-corrected chi connectivity index (χ1v) is 9.15. The summed E-state index contributed by atoms with van der Waals surface area (Å²) in [6.45, 7) is 0. The van der Waals surface area contributed by atoms with Crippen molar-refractivity contribution in [2.45, 2.75) is 11.3 Å². The van der Waals surface area contributed by atoms with Crippen molar-refractivity contribution in [2.75, 3.05) is 0 Å². The lowest BCUT2D eigenvalue weighted by Crippen LogP contribution is -2.41. The van der Waals surface area contributed by atoms with E-state index in [0.717, 1.165) is 12.1 Å². The van der Waals surface area contributed by atoms with Crippen LogP contribution in [-0.2, 0) is 10.1 Å². The van der Waals surface area contributed by atoms with E-state index in [1.54, 1.807) is 0 Å². The first-order chi connectivity index (χ1) is 11.6. The van der Waals surface area contributed by atoms with Crippen molar-refractivity contribution in [3.63, 3.8) is 0 Å². The van der Waals surface area contributed by atoms with Gasteiger partial charge in [-0.05, 0) is 30.3 Å². The molecule has 0 saturated heterocycles. The standard InChI is InChI=1S/C14H9BrClF2NO5S/c15-9-5-7-10(8-6-9)24-25(22,23)13(14(17,18)19(20)21)11-3-1-2-4-12(11)16/h1-8,13H/t13-/m1/s1. The van der Waals surface area contributed by atoms with Crippen LogP contribution < -0.4 is 4.18 Å². The number of alkyl halides is 2. The topological polar surface area (TPSA) is 86.5 Å². The molecule has 0 spiro atoms. The van der Waals surface area contributed by atoms with Gasteiger partial charge in [0.2, 0.25) is 0 Å². The second kappa shape index (κ2) is 7.22. The molecule has 0 unspecified atom stereocenters. The SMILES string of the molecule is O=[N+]([O-])C(F)(F)[C@@H](c1ccccc1Cl)S(=O)(=O)Oc1ccc(Br)cc1. The lowest BCUT2D eigenvalue weighted by atomic mass is 10.1. The zero-order chi connectivity index (χ0) is 18.8. The highest BCUT2D eigenvalue weighted by Crippen LogP contribution is 2.42. The molecular weight excluding hydrogens is 448 g/mol. The molecule has 2 aromatic rings. The molecule has 134 valence electrons. The van der Waals surface area contributed by atoms with Crippen LogP contribution in [-0.4, -0.2) is 19.4 Å². The Hall–Kier alpha value is -1.78. The summed E-state index contributed by atoms with van der Waals surface area (Å²) in [5.74, 6) is -0.278. The number of rotatable bonds is 6. The van der Waals surface area contributed by atoms with Crippen molar-refractivity contribution in [3.05, 3.63) is 73.7 Å². The second-order valence-electron chi connectivity index (χ2n) is 4.78. The fourth-order valence-corrected chi connectivity index (χ4v) is 3.97. The van der Waals surface area contributed by atoms with E-state index in [1.807, 2.05) is 0 Å². The summed E-state index contributed by atoms with van der Waals surface area (Å²) in [4.78, 5) is 8.79. The fraction of sp³-hybridized carbons (Fsp3) is 0.143. The van der Waals surface area contributed by atoms with Gasteiger partial charge in [0.1, 0.15) is 5.75 Å². The van der Waals surface area contributed by atoms with Gasteiger partial charge in [0.05, 0.1) is 4.92 Å². The monoisotopic (exact) mass is 455 g/mol. The van der Waals surface area contributed by atoms with Gasteiger partial charge in [-0.25, -0.2) is 0 Å². The number of halogens is 4. The Morgan fingerprint density at radius 1 is 1.16 bits per heavy atom. The highest BCUT2D eigenvalue weighted by Gasteiger charge is 2.62. The number of hydrogen-bond acceptors (Lipinski definition) is 5. The maximum absolute atomic E-state index is 14.1. The minimum Gasteiger partial charge on any atom is -0.382 e. The molecule has 25 heavy (non-hydrogen) atoms. The molecule has 0 aliphatic rings. The Labute approximate surface area is 154 Å². The average Bonchev–Trinajstić information content (AvgIpc) is 2.51. The van der Waals surface area contributed by atoms with Crippen molar-refractivity contribution in [2.24, 2.45) is 0 Å². The van der Waals surface area contributed by atoms with Crippen LogP contribution >= 0.6 is 27.5 Å². The second-order valence-corrected chi connectivity index (χ2v) is 7.72. The van der Waals surface area contributed by atoms with Gasteiger partial charge in [0, 0.05) is 15.1 Å². The van der Waals surface area contributed by atoms with Gasteiger partial charge in [-0.3, -0.25) is 10.1 Å². The molecular formula is C14H9BrClF2NO5S. The molecule has 0 aromatic heterocycles. The Balaban J connectivity index is 2.56. The molecule has 0 N–H and O–H groups in total. The summed E-state index contributed by atoms with van der Waals surface area (Å²) in [7, 11) is -5.16. The van der Waals surface area contributed by atoms with E-state index in [9.17, 15) is 27.3 Å². The fourth-order valence-electron chi connectivity index (χ4n) is 1.97. The van der Waals surface area contributed by atoms with Crippen molar-refractivity contribution >= 4 is 37.6 Å². The van der Waals surface area contributed by atoms with E-state index in [-0.39, 0.29) is 10.8 Å². The first-order valence-electron chi connectivity index (χ1n) is 6.51. The average molecular weight is 457 g/mol. The molecule has 0 fully saturated rings. The zero-order valence-electron chi connectivity index (χ0n) is 12.1. The van der Waals surface area contributed by atoms with E-state index >= 15 is 0 Å². The molecule has 0 heterocycles. The summed E-state index contributed by atoms with van der Waals surface area (Å²) in [5, 5.41) is 7.49. The molecule has 1 atom stereocenters. The van der Waals surface area contributed by atoms with Gasteiger partial charge < -0.3 is 4.18 Å². The summed E-state index contributed by atoms with van der Waals surface area (Å²) in [6, 6.07) is 5.10. The van der Waals surface area contributed by atoms with E-state index in [1.165, 1.54) is 36.4 Å². The predicted octanol–water partition coefficient (Wildman–Crippen LogP) is 4.42. The van der Waals surface area contributed by atoms with Crippen LogP contribution in [0.4, 0.5) is 8.78 Å². The third kappa shape index (κ3) is 4.25. The largest absolute Gasteiger partial charge is 0.535 e. The van der Waals surface area contributed by atoms with E-state index in [4.69, 9.17) is 11.6 Å². The smallest absolute Gasteiger partial charge is 0.382 e. The van der Waals surface area contributed by atoms with Gasteiger partial charge in [-0.1, -0.05) is 45.7 Å². The predicted molar refractivity (Wildman–Crippen MR) is 89.8 cm³/mol. The number of nitro groups is 1. The Morgan fingerprint density at radius 2 is 1.72 bits per heavy atom. The van der Waals surface area contributed by atoms with Gasteiger partial charge in [0.25, 0.3) is 5.25 Å². The molecule has 0 amide bonds. The minimum atomic E-state index is -5.16. The molecule has 0 saturated carbocycles. The van der Waals surface area contributed by atoms with E-state index < -0.39 is 31.9 Å². The molecule has 6 nitrogen and oxygen atoms in total. The number of hydrogen-bond donors (Lipinski definition) is 0. The van der Waals surface area contributed by atoms with Crippen molar-refractivity contribution in [1.82, 2.24) is 0 Å². The third-order valence-corrected chi connectivity index (χ3v) is 5.47. The minimum absolute atomic E-state index is 0.278. The molecule has 2 rings (SSSR count). The lowest BCUT2D eigenvalue weighted by Gasteiger charge is -2.21. The summed E-state index contributed by atoms with van der Waals surface area (Å²) < 4.78 is 58.3. The van der Waals surface area contributed by atoms with Crippen LogP contribution in [0.2, 0.25) is 5.02 Å². The zero-order valence-corrected chi connectivity index (χ0v) is 15.3. The lowest BCUT2D eigenvalue weighted by molar-refractivity contribution is -0.644. The summed E-state index contributed by atoms with van der Waals surface area (Å²) >= 11 is 8.90. The van der Waals surface area contributed by atoms with Crippen LogP contribution in [0.5, 0.6) is 5.75 Å². The van der Waals surface area contributed by atoms with Crippen molar-refractivity contribution in [3.8, 4) is 5.75 Å². The Morgan fingerprint density at radius 3 is 2.24 bits per heavy atom. The van der Waals surface area contributed by atoms with Crippen LogP contribution in [0, 0.1) is 10.1 Å². The number of benzene rings is 2. The van der Waals surface area contributed by atoms with Gasteiger partial charge >= 0.3 is 16.2 Å². The molecule has 11 heteroatoms.